The number of nitrogens with one attached hydrogen (secondary N) is 2. The van der Waals surface area contributed by atoms with Crippen molar-refractivity contribution in [1.29, 1.82) is 0 Å². The molecule has 1 aliphatic rings. The van der Waals surface area contributed by atoms with Crippen molar-refractivity contribution in [3.05, 3.63) is 36.5 Å². The second kappa shape index (κ2) is 6.64. The molecule has 1 aromatic heterocycles. The van der Waals surface area contributed by atoms with Crippen molar-refractivity contribution in [3.63, 3.8) is 0 Å². The number of urea groups is 1. The zero-order valence-corrected chi connectivity index (χ0v) is 13.1. The molecule has 1 fully saturated rings. The smallest absolute Gasteiger partial charge is 0.321 e. The third-order valence-corrected chi connectivity index (χ3v) is 4.05. The van der Waals surface area contributed by atoms with Crippen LogP contribution in [0.1, 0.15) is 13.3 Å². The molecule has 1 aliphatic heterocycles. The van der Waals surface area contributed by atoms with Crippen LogP contribution in [0.4, 0.5) is 10.5 Å². The maximum Gasteiger partial charge on any atom is 0.321 e. The number of pyridine rings is 1. The van der Waals surface area contributed by atoms with Crippen LogP contribution in [0.15, 0.2) is 36.5 Å². The summed E-state index contributed by atoms with van der Waals surface area (Å²) in [4.78, 5) is 30.1. The van der Waals surface area contributed by atoms with E-state index in [0.717, 1.165) is 16.6 Å². The van der Waals surface area contributed by atoms with Crippen LogP contribution in [0.25, 0.3) is 10.9 Å². The van der Waals surface area contributed by atoms with Crippen molar-refractivity contribution in [1.82, 2.24) is 15.2 Å². The Balaban J connectivity index is 1.63. The number of carbonyl (C=O) groups is 2. The average Bonchev–Trinajstić information content (AvgIpc) is 3.05. The minimum Gasteiger partial charge on any atom is -0.356 e. The van der Waals surface area contributed by atoms with Crippen LogP contribution in [-0.2, 0) is 4.79 Å². The fraction of sp³-hybridized carbons (Fsp3) is 0.353. The van der Waals surface area contributed by atoms with Crippen molar-refractivity contribution in [2.75, 3.05) is 25.0 Å². The number of aromatic nitrogens is 1. The van der Waals surface area contributed by atoms with E-state index >= 15 is 0 Å². The maximum absolute atomic E-state index is 12.3. The Kier molecular flexibility index (Phi) is 4.41. The largest absolute Gasteiger partial charge is 0.356 e. The highest BCUT2D eigenvalue weighted by atomic mass is 16.2. The van der Waals surface area contributed by atoms with Gasteiger partial charge in [0, 0.05) is 36.9 Å². The molecule has 0 spiro atoms. The van der Waals surface area contributed by atoms with Crippen molar-refractivity contribution >= 4 is 28.5 Å². The molecule has 2 aromatic rings. The summed E-state index contributed by atoms with van der Waals surface area (Å²) in [5.74, 6) is -0.0823. The lowest BCUT2D eigenvalue weighted by atomic mass is 10.1. The van der Waals surface area contributed by atoms with Gasteiger partial charge in [-0.25, -0.2) is 4.79 Å². The van der Waals surface area contributed by atoms with Gasteiger partial charge in [-0.1, -0.05) is 6.07 Å². The molecule has 1 saturated heterocycles. The van der Waals surface area contributed by atoms with Crippen molar-refractivity contribution < 1.29 is 9.59 Å². The van der Waals surface area contributed by atoms with E-state index in [0.29, 0.717) is 26.1 Å². The highest BCUT2D eigenvalue weighted by molar-refractivity contribution is 5.93. The van der Waals surface area contributed by atoms with Gasteiger partial charge in [0.1, 0.15) is 0 Å². The highest BCUT2D eigenvalue weighted by Gasteiger charge is 2.30. The van der Waals surface area contributed by atoms with E-state index in [2.05, 4.69) is 15.6 Å². The minimum absolute atomic E-state index is 0.0274. The van der Waals surface area contributed by atoms with E-state index in [1.807, 2.05) is 37.3 Å². The normalized spacial score (nSPS) is 17.3. The molecule has 6 heteroatoms. The number of fused-ring (bicyclic) bond motifs is 1. The Hall–Kier alpha value is -2.63. The number of likely N-dealkylation sites (tertiary alicyclic amines) is 1. The lowest BCUT2D eigenvalue weighted by molar-refractivity contribution is -0.124. The van der Waals surface area contributed by atoms with Gasteiger partial charge in [0.05, 0.1) is 11.4 Å². The first-order valence-corrected chi connectivity index (χ1v) is 7.86. The minimum atomic E-state index is -0.167. The Morgan fingerprint density at radius 3 is 3.04 bits per heavy atom. The summed E-state index contributed by atoms with van der Waals surface area (Å²) in [7, 11) is 0. The SMILES string of the molecule is CCNC(=O)[C@@H]1CCN(C(=O)Nc2ccc3ncccc3c2)C1. The first-order valence-electron chi connectivity index (χ1n) is 7.86. The Morgan fingerprint density at radius 2 is 2.22 bits per heavy atom. The molecule has 3 amide bonds. The Labute approximate surface area is 134 Å². The van der Waals surface area contributed by atoms with Crippen LogP contribution in [0.3, 0.4) is 0 Å². The Bertz CT molecular complexity index is 731. The molecule has 2 N–H and O–H groups in total. The van der Waals surface area contributed by atoms with Crippen LogP contribution in [0.2, 0.25) is 0 Å². The van der Waals surface area contributed by atoms with E-state index in [1.54, 1.807) is 11.1 Å². The number of anilines is 1. The number of carbonyl (C=O) groups excluding carboxylic acids is 2. The van der Waals surface area contributed by atoms with Gasteiger partial charge in [-0.3, -0.25) is 9.78 Å². The van der Waals surface area contributed by atoms with Gasteiger partial charge in [0.2, 0.25) is 5.91 Å². The van der Waals surface area contributed by atoms with Gasteiger partial charge < -0.3 is 15.5 Å². The van der Waals surface area contributed by atoms with Crippen molar-refractivity contribution in [2.45, 2.75) is 13.3 Å². The number of hydrogen-bond donors (Lipinski definition) is 2. The van der Waals surface area contributed by atoms with E-state index in [1.165, 1.54) is 0 Å². The third kappa shape index (κ3) is 3.41. The number of rotatable bonds is 3. The number of amides is 3. The van der Waals surface area contributed by atoms with E-state index < -0.39 is 0 Å². The maximum atomic E-state index is 12.3. The number of hydrogen-bond acceptors (Lipinski definition) is 3. The molecule has 0 radical (unpaired) electrons. The summed E-state index contributed by atoms with van der Waals surface area (Å²) in [5.41, 5.74) is 1.62. The lowest BCUT2D eigenvalue weighted by Crippen LogP contribution is -2.36. The molecule has 6 nitrogen and oxygen atoms in total. The highest BCUT2D eigenvalue weighted by Crippen LogP contribution is 2.20. The van der Waals surface area contributed by atoms with Crippen LogP contribution in [0.5, 0.6) is 0 Å². The zero-order valence-electron chi connectivity index (χ0n) is 13.1. The average molecular weight is 312 g/mol. The van der Waals surface area contributed by atoms with Crippen molar-refractivity contribution in [2.24, 2.45) is 5.92 Å². The van der Waals surface area contributed by atoms with Crippen molar-refractivity contribution in [3.8, 4) is 0 Å². The summed E-state index contributed by atoms with van der Waals surface area (Å²) < 4.78 is 0. The second-order valence-corrected chi connectivity index (χ2v) is 5.67. The van der Waals surface area contributed by atoms with Crippen LogP contribution in [-0.4, -0.2) is 41.5 Å². The molecule has 0 unspecified atom stereocenters. The van der Waals surface area contributed by atoms with Gasteiger partial charge in [0.25, 0.3) is 0 Å². The second-order valence-electron chi connectivity index (χ2n) is 5.67. The van der Waals surface area contributed by atoms with Gasteiger partial charge >= 0.3 is 6.03 Å². The standard InChI is InChI=1S/C17H20N4O2/c1-2-18-16(22)13-7-9-21(11-13)17(23)20-14-5-6-15-12(10-14)4-3-8-19-15/h3-6,8,10,13H,2,7,9,11H2,1H3,(H,18,22)(H,20,23)/t13-/m1/s1. The van der Waals surface area contributed by atoms with Gasteiger partial charge in [-0.05, 0) is 37.6 Å². The van der Waals surface area contributed by atoms with Gasteiger partial charge in [0.15, 0.2) is 0 Å². The Morgan fingerprint density at radius 1 is 1.35 bits per heavy atom. The fourth-order valence-corrected chi connectivity index (χ4v) is 2.83. The molecule has 0 bridgehead atoms. The first kappa shape index (κ1) is 15.3. The van der Waals surface area contributed by atoms with Crippen LogP contribution >= 0.6 is 0 Å². The monoisotopic (exact) mass is 312 g/mol. The molecular formula is C17H20N4O2. The molecule has 120 valence electrons. The molecule has 1 aromatic carbocycles. The summed E-state index contributed by atoms with van der Waals surface area (Å²) in [6, 6.07) is 9.28. The van der Waals surface area contributed by atoms with Crippen LogP contribution < -0.4 is 10.6 Å². The zero-order chi connectivity index (χ0) is 16.2. The van der Waals surface area contributed by atoms with E-state index in [-0.39, 0.29) is 17.9 Å². The molecular weight excluding hydrogens is 292 g/mol. The number of nitrogens with zero attached hydrogens (tertiary/aromatic N) is 2. The predicted molar refractivity (Wildman–Crippen MR) is 89.1 cm³/mol. The van der Waals surface area contributed by atoms with Crippen LogP contribution in [0, 0.1) is 5.92 Å². The summed E-state index contributed by atoms with van der Waals surface area (Å²) >= 11 is 0. The molecule has 23 heavy (non-hydrogen) atoms. The molecule has 0 saturated carbocycles. The predicted octanol–water partition coefficient (Wildman–Crippen LogP) is 2.22. The molecule has 3 rings (SSSR count). The van der Waals surface area contributed by atoms with E-state index in [9.17, 15) is 9.59 Å². The molecule has 2 heterocycles. The summed E-state index contributed by atoms with van der Waals surface area (Å²) in [6.45, 7) is 3.58. The molecule has 0 aliphatic carbocycles. The third-order valence-electron chi connectivity index (χ3n) is 4.05. The summed E-state index contributed by atoms with van der Waals surface area (Å²) in [6.07, 6.45) is 2.45. The summed E-state index contributed by atoms with van der Waals surface area (Å²) in [5, 5.41) is 6.69. The van der Waals surface area contributed by atoms with Gasteiger partial charge in [-0.15, -0.1) is 0 Å². The number of benzene rings is 1. The fourth-order valence-electron chi connectivity index (χ4n) is 2.83. The quantitative estimate of drug-likeness (QED) is 0.912. The van der Waals surface area contributed by atoms with Gasteiger partial charge in [-0.2, -0.15) is 0 Å². The molecule has 1 atom stereocenters. The lowest BCUT2D eigenvalue weighted by Gasteiger charge is -2.17. The van der Waals surface area contributed by atoms with E-state index in [4.69, 9.17) is 0 Å². The topological polar surface area (TPSA) is 74.3 Å². The first-order chi connectivity index (χ1) is 11.2.